The van der Waals surface area contributed by atoms with E-state index < -0.39 is 0 Å². The third-order valence-corrected chi connectivity index (χ3v) is 4.28. The molecule has 0 bridgehead atoms. The largest absolute Gasteiger partial charge is 0.312 e. The van der Waals surface area contributed by atoms with Gasteiger partial charge in [-0.3, -0.25) is 0 Å². The zero-order chi connectivity index (χ0) is 15.9. The Balaban J connectivity index is 2.55. The van der Waals surface area contributed by atoms with Crippen LogP contribution in [0.4, 0.5) is 0 Å². The summed E-state index contributed by atoms with van der Waals surface area (Å²) in [7, 11) is 0. The molecule has 1 N–H and O–H groups in total. The van der Waals surface area contributed by atoms with Crippen LogP contribution in [0.15, 0.2) is 28.7 Å². The molecule has 0 saturated carbocycles. The van der Waals surface area contributed by atoms with Gasteiger partial charge in [0.05, 0.1) is 0 Å². The van der Waals surface area contributed by atoms with Gasteiger partial charge in [-0.15, -0.1) is 0 Å². The molecule has 0 radical (unpaired) electrons. The van der Waals surface area contributed by atoms with Crippen molar-refractivity contribution in [1.29, 1.82) is 0 Å². The second-order valence-electron chi connectivity index (χ2n) is 7.65. The van der Waals surface area contributed by atoms with E-state index in [1.54, 1.807) is 0 Å². The van der Waals surface area contributed by atoms with Gasteiger partial charge in [-0.05, 0) is 69.7 Å². The lowest BCUT2D eigenvalue weighted by molar-refractivity contribution is 0.344. The first-order valence-corrected chi connectivity index (χ1v) is 9.05. The number of nitrogens with one attached hydrogen (secondary N) is 1. The standard InChI is InChI=1S/C19H32BrN/c1-15(2)7-6-8-17(14-21-19(3,4)5)13-16-9-11-18(20)12-10-16/h9-12,15,17,21H,6-8,13-14H2,1-5H3. The SMILES string of the molecule is CC(C)CCCC(CNC(C)(C)C)Cc1ccc(Br)cc1. The molecule has 21 heavy (non-hydrogen) atoms. The maximum Gasteiger partial charge on any atom is 0.0175 e. The van der Waals surface area contributed by atoms with Crippen molar-refractivity contribution in [3.63, 3.8) is 0 Å². The van der Waals surface area contributed by atoms with Crippen molar-refractivity contribution in [2.45, 2.75) is 65.8 Å². The van der Waals surface area contributed by atoms with Crippen molar-refractivity contribution in [3.05, 3.63) is 34.3 Å². The molecule has 1 atom stereocenters. The van der Waals surface area contributed by atoms with Crippen LogP contribution in [-0.2, 0) is 6.42 Å². The van der Waals surface area contributed by atoms with Crippen molar-refractivity contribution in [1.82, 2.24) is 5.32 Å². The Labute approximate surface area is 140 Å². The summed E-state index contributed by atoms with van der Waals surface area (Å²) in [5, 5.41) is 3.68. The molecule has 1 nitrogen and oxygen atoms in total. The summed E-state index contributed by atoms with van der Waals surface area (Å²) >= 11 is 3.51. The van der Waals surface area contributed by atoms with E-state index in [4.69, 9.17) is 0 Å². The van der Waals surface area contributed by atoms with E-state index in [2.05, 4.69) is 80.1 Å². The highest BCUT2D eigenvalue weighted by atomic mass is 79.9. The topological polar surface area (TPSA) is 12.0 Å². The van der Waals surface area contributed by atoms with Crippen LogP contribution in [0, 0.1) is 11.8 Å². The van der Waals surface area contributed by atoms with Gasteiger partial charge in [-0.1, -0.05) is 54.8 Å². The Morgan fingerprint density at radius 1 is 1.05 bits per heavy atom. The molecule has 1 aromatic carbocycles. The van der Waals surface area contributed by atoms with Gasteiger partial charge in [0.25, 0.3) is 0 Å². The molecule has 0 heterocycles. The van der Waals surface area contributed by atoms with Crippen LogP contribution in [0.5, 0.6) is 0 Å². The fraction of sp³-hybridized carbons (Fsp3) is 0.684. The van der Waals surface area contributed by atoms with Gasteiger partial charge in [0, 0.05) is 10.0 Å². The van der Waals surface area contributed by atoms with Crippen LogP contribution in [0.1, 0.15) is 59.4 Å². The molecular formula is C19H32BrN. The highest BCUT2D eigenvalue weighted by Gasteiger charge is 2.15. The van der Waals surface area contributed by atoms with Crippen molar-refractivity contribution < 1.29 is 0 Å². The minimum absolute atomic E-state index is 0.204. The predicted molar refractivity (Wildman–Crippen MR) is 97.8 cm³/mol. The van der Waals surface area contributed by atoms with Gasteiger partial charge in [0.1, 0.15) is 0 Å². The highest BCUT2D eigenvalue weighted by molar-refractivity contribution is 9.10. The molecule has 2 heteroatoms. The molecule has 1 aromatic rings. The second kappa shape index (κ2) is 8.95. The molecule has 0 aliphatic rings. The molecule has 0 aliphatic heterocycles. The van der Waals surface area contributed by atoms with E-state index in [9.17, 15) is 0 Å². The summed E-state index contributed by atoms with van der Waals surface area (Å²) in [4.78, 5) is 0. The lowest BCUT2D eigenvalue weighted by Gasteiger charge is -2.26. The van der Waals surface area contributed by atoms with Crippen molar-refractivity contribution in [2.75, 3.05) is 6.54 Å². The van der Waals surface area contributed by atoms with Crippen LogP contribution < -0.4 is 5.32 Å². The molecule has 0 saturated heterocycles. The van der Waals surface area contributed by atoms with Crippen LogP contribution in [-0.4, -0.2) is 12.1 Å². The van der Waals surface area contributed by atoms with E-state index >= 15 is 0 Å². The van der Waals surface area contributed by atoms with Gasteiger partial charge in [-0.2, -0.15) is 0 Å². The van der Waals surface area contributed by atoms with Crippen molar-refractivity contribution in [2.24, 2.45) is 11.8 Å². The Morgan fingerprint density at radius 3 is 2.19 bits per heavy atom. The van der Waals surface area contributed by atoms with E-state index in [0.717, 1.165) is 22.9 Å². The Hall–Kier alpha value is -0.340. The summed E-state index contributed by atoms with van der Waals surface area (Å²) in [6, 6.07) is 8.79. The third kappa shape index (κ3) is 9.31. The van der Waals surface area contributed by atoms with Gasteiger partial charge < -0.3 is 5.32 Å². The van der Waals surface area contributed by atoms with E-state index in [1.807, 2.05) is 0 Å². The van der Waals surface area contributed by atoms with E-state index in [1.165, 1.54) is 31.2 Å². The van der Waals surface area contributed by atoms with Gasteiger partial charge >= 0.3 is 0 Å². The Kier molecular flexibility index (Phi) is 7.97. The average molecular weight is 354 g/mol. The number of halogens is 1. The molecular weight excluding hydrogens is 322 g/mol. The number of benzene rings is 1. The molecule has 0 fully saturated rings. The summed E-state index contributed by atoms with van der Waals surface area (Å²) in [5.74, 6) is 1.54. The highest BCUT2D eigenvalue weighted by Crippen LogP contribution is 2.19. The molecule has 1 rings (SSSR count). The van der Waals surface area contributed by atoms with Crippen molar-refractivity contribution in [3.8, 4) is 0 Å². The fourth-order valence-electron chi connectivity index (χ4n) is 2.50. The first kappa shape index (κ1) is 18.7. The van der Waals surface area contributed by atoms with Gasteiger partial charge in [0.2, 0.25) is 0 Å². The lowest BCUT2D eigenvalue weighted by Crippen LogP contribution is -2.39. The molecule has 0 spiro atoms. The predicted octanol–water partition coefficient (Wildman–Crippen LogP) is 5.82. The zero-order valence-electron chi connectivity index (χ0n) is 14.4. The molecule has 1 unspecified atom stereocenters. The summed E-state index contributed by atoms with van der Waals surface area (Å²) in [6.45, 7) is 12.5. The molecule has 0 aromatic heterocycles. The maximum absolute atomic E-state index is 3.68. The van der Waals surface area contributed by atoms with Crippen LogP contribution in [0.3, 0.4) is 0 Å². The first-order chi connectivity index (χ1) is 9.76. The monoisotopic (exact) mass is 353 g/mol. The van der Waals surface area contributed by atoms with Gasteiger partial charge in [-0.25, -0.2) is 0 Å². The van der Waals surface area contributed by atoms with E-state index in [-0.39, 0.29) is 5.54 Å². The number of hydrogen-bond acceptors (Lipinski definition) is 1. The molecule has 120 valence electrons. The minimum Gasteiger partial charge on any atom is -0.312 e. The smallest absolute Gasteiger partial charge is 0.0175 e. The number of hydrogen-bond donors (Lipinski definition) is 1. The summed E-state index contributed by atoms with van der Waals surface area (Å²) in [5.41, 5.74) is 1.65. The first-order valence-electron chi connectivity index (χ1n) is 8.26. The van der Waals surface area contributed by atoms with Crippen LogP contribution in [0.2, 0.25) is 0 Å². The van der Waals surface area contributed by atoms with Crippen molar-refractivity contribution >= 4 is 15.9 Å². The summed E-state index contributed by atoms with van der Waals surface area (Å²) in [6.07, 6.45) is 5.17. The zero-order valence-corrected chi connectivity index (χ0v) is 16.0. The van der Waals surface area contributed by atoms with Crippen LogP contribution >= 0.6 is 15.9 Å². The summed E-state index contributed by atoms with van der Waals surface area (Å²) < 4.78 is 1.16. The maximum atomic E-state index is 3.68. The second-order valence-corrected chi connectivity index (χ2v) is 8.57. The molecule has 0 amide bonds. The Bertz CT molecular complexity index is 389. The Morgan fingerprint density at radius 2 is 1.67 bits per heavy atom. The quantitative estimate of drug-likeness (QED) is 0.620. The molecule has 0 aliphatic carbocycles. The third-order valence-electron chi connectivity index (χ3n) is 3.75. The minimum atomic E-state index is 0.204. The lowest BCUT2D eigenvalue weighted by atomic mass is 9.91. The number of rotatable bonds is 8. The normalized spacial score (nSPS) is 13.7. The average Bonchev–Trinajstić information content (AvgIpc) is 2.37. The van der Waals surface area contributed by atoms with Gasteiger partial charge in [0.15, 0.2) is 0 Å². The van der Waals surface area contributed by atoms with Crippen LogP contribution in [0.25, 0.3) is 0 Å². The van der Waals surface area contributed by atoms with E-state index in [0.29, 0.717) is 0 Å². The fourth-order valence-corrected chi connectivity index (χ4v) is 2.76.